The molecule has 0 aliphatic rings. The van der Waals surface area contributed by atoms with E-state index in [-0.39, 0.29) is 24.4 Å². The summed E-state index contributed by atoms with van der Waals surface area (Å²) < 4.78 is 6.95. The summed E-state index contributed by atoms with van der Waals surface area (Å²) in [7, 11) is 1.45. The van der Waals surface area contributed by atoms with Crippen molar-refractivity contribution >= 4 is 29.1 Å². The van der Waals surface area contributed by atoms with Crippen molar-refractivity contribution in [2.75, 3.05) is 7.11 Å². The zero-order valence-corrected chi connectivity index (χ0v) is 22.1. The largest absolute Gasteiger partial charge is 0.495 e. The number of ether oxygens (including phenoxy) is 1. The second-order valence-corrected chi connectivity index (χ2v) is 9.43. The van der Waals surface area contributed by atoms with E-state index in [1.54, 1.807) is 66.9 Å². The van der Waals surface area contributed by atoms with Crippen molar-refractivity contribution in [2.45, 2.75) is 25.8 Å². The van der Waals surface area contributed by atoms with Gasteiger partial charge in [0.15, 0.2) is 11.6 Å². The number of carbonyl (C=O) groups is 3. The number of hydrogen-bond acceptors (Lipinski definition) is 6. The van der Waals surface area contributed by atoms with Crippen LogP contribution in [0.1, 0.15) is 44.9 Å². The van der Waals surface area contributed by atoms with Crippen molar-refractivity contribution in [1.82, 2.24) is 9.55 Å². The summed E-state index contributed by atoms with van der Waals surface area (Å²) in [6.07, 6.45) is 3.27. The molecule has 9 heteroatoms. The zero-order chi connectivity index (χ0) is 28.1. The first-order valence-corrected chi connectivity index (χ1v) is 12.5. The second kappa shape index (κ2) is 11.9. The van der Waals surface area contributed by atoms with Crippen LogP contribution in [0.15, 0.2) is 83.9 Å². The van der Waals surface area contributed by atoms with Gasteiger partial charge in [-0.15, -0.1) is 0 Å². The molecule has 0 bridgehead atoms. The van der Waals surface area contributed by atoms with Gasteiger partial charge in [0.1, 0.15) is 11.8 Å². The van der Waals surface area contributed by atoms with Crippen LogP contribution in [0.4, 0.5) is 0 Å². The number of primary amides is 1. The van der Waals surface area contributed by atoms with Crippen LogP contribution < -0.4 is 16.0 Å². The SMILES string of the molecule is COc1cn([C@@H](Cc2ccccn2)C(=O)Cc2ccc(C(N)=O)cc2)c(=O)cc1-c1cc(Cl)ccc1C(C)=O. The number of nitrogens with zero attached hydrogens (tertiary/aromatic N) is 2. The number of rotatable bonds is 10. The van der Waals surface area contributed by atoms with Crippen LogP contribution >= 0.6 is 11.6 Å². The summed E-state index contributed by atoms with van der Waals surface area (Å²) in [4.78, 5) is 55.2. The fraction of sp³-hybridized carbons (Fsp3) is 0.167. The fourth-order valence-electron chi connectivity index (χ4n) is 4.38. The van der Waals surface area contributed by atoms with Gasteiger partial charge >= 0.3 is 0 Å². The monoisotopic (exact) mass is 543 g/mol. The van der Waals surface area contributed by atoms with Gasteiger partial charge in [-0.1, -0.05) is 29.8 Å². The van der Waals surface area contributed by atoms with Crippen LogP contribution in [-0.2, 0) is 17.6 Å². The molecule has 0 aliphatic heterocycles. The third-order valence-electron chi connectivity index (χ3n) is 6.37. The lowest BCUT2D eigenvalue weighted by Gasteiger charge is -2.21. The predicted octanol–water partition coefficient (Wildman–Crippen LogP) is 4.47. The number of benzene rings is 2. The molecule has 0 saturated heterocycles. The molecular formula is C30H26ClN3O5. The van der Waals surface area contributed by atoms with Crippen LogP contribution in [0.5, 0.6) is 5.75 Å². The van der Waals surface area contributed by atoms with E-state index in [1.807, 2.05) is 0 Å². The predicted molar refractivity (Wildman–Crippen MR) is 148 cm³/mol. The van der Waals surface area contributed by atoms with E-state index in [1.165, 1.54) is 30.9 Å². The molecule has 0 aliphatic carbocycles. The molecule has 0 unspecified atom stereocenters. The maximum absolute atomic E-state index is 13.6. The molecule has 2 heterocycles. The van der Waals surface area contributed by atoms with Gasteiger partial charge in [-0.25, -0.2) is 0 Å². The number of pyridine rings is 2. The van der Waals surface area contributed by atoms with Gasteiger partial charge in [0.2, 0.25) is 5.91 Å². The Bertz CT molecular complexity index is 1600. The smallest absolute Gasteiger partial charge is 0.252 e. The number of aromatic nitrogens is 2. The number of amides is 1. The molecule has 8 nitrogen and oxygen atoms in total. The minimum atomic E-state index is -0.905. The van der Waals surface area contributed by atoms with Gasteiger partial charge in [0.25, 0.3) is 5.56 Å². The second-order valence-electron chi connectivity index (χ2n) is 8.99. The summed E-state index contributed by atoms with van der Waals surface area (Å²) >= 11 is 6.21. The molecule has 39 heavy (non-hydrogen) atoms. The Morgan fingerprint density at radius 3 is 2.38 bits per heavy atom. The number of ketones is 2. The molecule has 0 fully saturated rings. The third kappa shape index (κ3) is 6.30. The summed E-state index contributed by atoms with van der Waals surface area (Å²) in [5.41, 5.74) is 7.71. The molecular weight excluding hydrogens is 518 g/mol. The fourth-order valence-corrected chi connectivity index (χ4v) is 4.55. The summed E-state index contributed by atoms with van der Waals surface area (Å²) in [6.45, 7) is 1.43. The van der Waals surface area contributed by atoms with Gasteiger partial charge in [0, 0.05) is 52.5 Å². The van der Waals surface area contributed by atoms with Crippen LogP contribution in [0.25, 0.3) is 11.1 Å². The normalized spacial score (nSPS) is 11.6. The van der Waals surface area contributed by atoms with Crippen LogP contribution in [0, 0.1) is 0 Å². The van der Waals surface area contributed by atoms with Crippen molar-refractivity contribution in [2.24, 2.45) is 5.73 Å². The molecule has 1 amide bonds. The maximum Gasteiger partial charge on any atom is 0.252 e. The number of hydrogen-bond donors (Lipinski definition) is 1. The molecule has 0 radical (unpaired) electrons. The highest BCUT2D eigenvalue weighted by molar-refractivity contribution is 6.31. The number of nitrogens with two attached hydrogens (primary N) is 1. The molecule has 4 aromatic rings. The van der Waals surface area contributed by atoms with Gasteiger partial charge in [0.05, 0.1) is 13.3 Å². The molecule has 2 aromatic carbocycles. The molecule has 198 valence electrons. The molecule has 2 N–H and O–H groups in total. The lowest BCUT2D eigenvalue weighted by Crippen LogP contribution is -2.32. The molecule has 1 atom stereocenters. The van der Waals surface area contributed by atoms with Crippen molar-refractivity contribution in [3.05, 3.63) is 117 Å². The first-order chi connectivity index (χ1) is 18.7. The highest BCUT2D eigenvalue weighted by atomic mass is 35.5. The van der Waals surface area contributed by atoms with E-state index in [2.05, 4.69) is 4.98 Å². The number of halogens is 1. The topological polar surface area (TPSA) is 121 Å². The Morgan fingerprint density at radius 2 is 1.77 bits per heavy atom. The van der Waals surface area contributed by atoms with E-state index in [0.29, 0.717) is 44.3 Å². The van der Waals surface area contributed by atoms with Gasteiger partial charge in [-0.05, 0) is 60.5 Å². The molecule has 0 spiro atoms. The Balaban J connectivity index is 1.79. The zero-order valence-electron chi connectivity index (χ0n) is 21.4. The number of carbonyl (C=O) groups excluding carboxylic acids is 3. The van der Waals surface area contributed by atoms with E-state index >= 15 is 0 Å². The average molecular weight is 544 g/mol. The Kier molecular flexibility index (Phi) is 8.36. The summed E-state index contributed by atoms with van der Waals surface area (Å²) in [5, 5.41) is 0.395. The van der Waals surface area contributed by atoms with Gasteiger partial charge < -0.3 is 15.0 Å². The van der Waals surface area contributed by atoms with Crippen molar-refractivity contribution in [3.8, 4) is 16.9 Å². The van der Waals surface area contributed by atoms with Crippen molar-refractivity contribution in [1.29, 1.82) is 0 Å². The Morgan fingerprint density at radius 1 is 1.03 bits per heavy atom. The third-order valence-corrected chi connectivity index (χ3v) is 6.60. The van der Waals surface area contributed by atoms with E-state index in [0.717, 1.165) is 0 Å². The van der Waals surface area contributed by atoms with Gasteiger partial charge in [-0.3, -0.25) is 24.2 Å². The molecule has 0 saturated carbocycles. The highest BCUT2D eigenvalue weighted by Gasteiger charge is 2.25. The van der Waals surface area contributed by atoms with Crippen molar-refractivity contribution < 1.29 is 19.1 Å². The van der Waals surface area contributed by atoms with Crippen LogP contribution in [0.3, 0.4) is 0 Å². The summed E-state index contributed by atoms with van der Waals surface area (Å²) in [6, 6.07) is 17.0. The van der Waals surface area contributed by atoms with Gasteiger partial charge in [-0.2, -0.15) is 0 Å². The van der Waals surface area contributed by atoms with E-state index < -0.39 is 17.5 Å². The average Bonchev–Trinajstić information content (AvgIpc) is 2.92. The van der Waals surface area contributed by atoms with E-state index in [4.69, 9.17) is 22.1 Å². The first-order valence-electron chi connectivity index (χ1n) is 12.1. The minimum Gasteiger partial charge on any atom is -0.495 e. The Hall–Kier alpha value is -4.56. The maximum atomic E-state index is 13.6. The quantitative estimate of drug-likeness (QED) is 0.295. The van der Waals surface area contributed by atoms with Crippen LogP contribution in [-0.4, -0.2) is 34.1 Å². The molecule has 4 rings (SSSR count). The Labute approximate surface area is 230 Å². The lowest BCUT2D eigenvalue weighted by atomic mass is 9.96. The highest BCUT2D eigenvalue weighted by Crippen LogP contribution is 2.34. The van der Waals surface area contributed by atoms with E-state index in [9.17, 15) is 19.2 Å². The van der Waals surface area contributed by atoms with Crippen LogP contribution in [0.2, 0.25) is 5.02 Å². The van der Waals surface area contributed by atoms with Crippen molar-refractivity contribution in [3.63, 3.8) is 0 Å². The number of Topliss-reactive ketones (excluding diaryl/α,β-unsaturated/α-hetero) is 2. The summed E-state index contributed by atoms with van der Waals surface area (Å²) in [5.74, 6) is -0.703. The minimum absolute atomic E-state index is 0.00975. The first kappa shape index (κ1) is 27.5. The number of methoxy groups -OCH3 is 1. The molecule has 2 aromatic heterocycles. The standard InChI is InChI=1S/C30H26ClN3O5/c1-18(35)23-11-10-21(31)14-24(23)25-16-29(37)34(17-28(25)39-2)26(15-22-5-3-4-12-33-22)27(36)13-19-6-8-20(9-7-19)30(32)38/h3-12,14,16-17,26H,13,15H2,1-2H3,(H2,32,38)/t26-/m0/s1. The lowest BCUT2D eigenvalue weighted by molar-refractivity contribution is -0.121.